The van der Waals surface area contributed by atoms with Gasteiger partial charge in [-0.15, -0.1) is 0 Å². The standard InChI is InChI=1S/C56H102O6/c1-4-7-10-13-16-19-22-25-27-28-30-32-35-38-41-44-47-50-56(59)62-53(51-60-54(57)48-45-42-39-36-33-24-21-18-15-12-9-6-3)52-61-55(58)49-46-43-40-37-34-31-29-26-23-20-17-14-11-8-5-2/h17,20,25-27,29,53H,4-16,18-19,21-24,28,30-52H2,1-3H3/b20-17-,27-25-,29-26-/t53-/m0/s1. The molecule has 0 bridgehead atoms. The van der Waals surface area contributed by atoms with Gasteiger partial charge in [0.1, 0.15) is 13.2 Å². The van der Waals surface area contributed by atoms with Crippen molar-refractivity contribution in [3.05, 3.63) is 36.5 Å². The van der Waals surface area contributed by atoms with Crippen LogP contribution in [0.25, 0.3) is 0 Å². The quantitative estimate of drug-likeness (QED) is 0.0262. The maximum Gasteiger partial charge on any atom is 0.306 e. The number of unbranched alkanes of at least 4 members (excludes halogenated alkanes) is 32. The fourth-order valence-corrected chi connectivity index (χ4v) is 7.76. The van der Waals surface area contributed by atoms with Crippen LogP contribution in [0.1, 0.15) is 284 Å². The molecule has 0 fully saturated rings. The number of rotatable bonds is 49. The summed E-state index contributed by atoms with van der Waals surface area (Å²) in [5, 5.41) is 0. The lowest BCUT2D eigenvalue weighted by Gasteiger charge is -2.18. The van der Waals surface area contributed by atoms with E-state index in [2.05, 4.69) is 57.2 Å². The number of allylic oxidation sites excluding steroid dienone is 6. The number of hydrogen-bond acceptors (Lipinski definition) is 6. The molecule has 0 aliphatic heterocycles. The summed E-state index contributed by atoms with van der Waals surface area (Å²) >= 11 is 0. The fourth-order valence-electron chi connectivity index (χ4n) is 7.76. The molecule has 0 saturated heterocycles. The summed E-state index contributed by atoms with van der Waals surface area (Å²) in [4.78, 5) is 38.0. The molecule has 6 nitrogen and oxygen atoms in total. The highest BCUT2D eigenvalue weighted by Gasteiger charge is 2.19. The molecule has 0 unspecified atom stereocenters. The van der Waals surface area contributed by atoms with Crippen molar-refractivity contribution < 1.29 is 28.6 Å². The van der Waals surface area contributed by atoms with Crippen molar-refractivity contribution in [2.24, 2.45) is 0 Å². The maximum atomic E-state index is 12.8. The summed E-state index contributed by atoms with van der Waals surface area (Å²) < 4.78 is 16.8. The summed E-state index contributed by atoms with van der Waals surface area (Å²) in [6.07, 6.45) is 59.8. The first-order valence-corrected chi connectivity index (χ1v) is 27.0. The largest absolute Gasteiger partial charge is 0.462 e. The smallest absolute Gasteiger partial charge is 0.306 e. The van der Waals surface area contributed by atoms with Crippen LogP contribution < -0.4 is 0 Å². The minimum atomic E-state index is -0.776. The Morgan fingerprint density at radius 2 is 0.581 bits per heavy atom. The van der Waals surface area contributed by atoms with Crippen molar-refractivity contribution in [1.82, 2.24) is 0 Å². The van der Waals surface area contributed by atoms with E-state index in [-0.39, 0.29) is 31.1 Å². The van der Waals surface area contributed by atoms with Crippen LogP contribution in [0.3, 0.4) is 0 Å². The lowest BCUT2D eigenvalue weighted by atomic mass is 10.0. The number of hydrogen-bond donors (Lipinski definition) is 0. The van der Waals surface area contributed by atoms with Crippen LogP contribution in [0.5, 0.6) is 0 Å². The van der Waals surface area contributed by atoms with Gasteiger partial charge in [-0.1, -0.05) is 224 Å². The van der Waals surface area contributed by atoms with Crippen molar-refractivity contribution in [3.63, 3.8) is 0 Å². The molecule has 6 heteroatoms. The summed E-state index contributed by atoms with van der Waals surface area (Å²) in [5.41, 5.74) is 0. The van der Waals surface area contributed by atoms with Gasteiger partial charge in [-0.2, -0.15) is 0 Å². The van der Waals surface area contributed by atoms with E-state index in [4.69, 9.17) is 14.2 Å². The molecule has 0 heterocycles. The van der Waals surface area contributed by atoms with Crippen molar-refractivity contribution in [2.75, 3.05) is 13.2 Å². The molecule has 362 valence electrons. The normalized spacial score (nSPS) is 12.2. The van der Waals surface area contributed by atoms with Crippen molar-refractivity contribution in [3.8, 4) is 0 Å². The molecule has 0 aromatic heterocycles. The molecule has 0 aliphatic carbocycles. The van der Waals surface area contributed by atoms with E-state index in [0.717, 1.165) is 77.0 Å². The number of carbonyl (C=O) groups excluding carboxylic acids is 3. The van der Waals surface area contributed by atoms with Gasteiger partial charge in [0.15, 0.2) is 6.10 Å². The Bertz CT molecular complexity index is 1050. The van der Waals surface area contributed by atoms with Crippen LogP contribution in [0.2, 0.25) is 0 Å². The molecule has 0 aliphatic rings. The van der Waals surface area contributed by atoms with E-state index >= 15 is 0 Å². The Balaban J connectivity index is 4.37. The van der Waals surface area contributed by atoms with Gasteiger partial charge in [-0.05, 0) is 77.0 Å². The number of esters is 3. The van der Waals surface area contributed by atoms with E-state index in [9.17, 15) is 14.4 Å². The van der Waals surface area contributed by atoms with E-state index in [0.29, 0.717) is 19.3 Å². The minimum absolute atomic E-state index is 0.0754. The molecule has 0 aromatic rings. The number of carbonyl (C=O) groups is 3. The van der Waals surface area contributed by atoms with Crippen LogP contribution in [-0.4, -0.2) is 37.2 Å². The van der Waals surface area contributed by atoms with E-state index < -0.39 is 6.10 Å². The maximum absolute atomic E-state index is 12.8. The van der Waals surface area contributed by atoms with Gasteiger partial charge in [-0.25, -0.2) is 0 Å². The zero-order valence-corrected chi connectivity index (χ0v) is 41.4. The first-order valence-electron chi connectivity index (χ1n) is 27.0. The average Bonchev–Trinajstić information content (AvgIpc) is 3.27. The molecule has 0 aromatic carbocycles. The van der Waals surface area contributed by atoms with Gasteiger partial charge in [0.25, 0.3) is 0 Å². The third kappa shape index (κ3) is 48.7. The highest BCUT2D eigenvalue weighted by Crippen LogP contribution is 2.15. The van der Waals surface area contributed by atoms with Crippen LogP contribution >= 0.6 is 0 Å². The lowest BCUT2D eigenvalue weighted by molar-refractivity contribution is -0.167. The van der Waals surface area contributed by atoms with Gasteiger partial charge in [0.05, 0.1) is 0 Å². The van der Waals surface area contributed by atoms with Gasteiger partial charge in [0, 0.05) is 19.3 Å². The first-order chi connectivity index (χ1) is 30.5. The molecule has 0 saturated carbocycles. The highest BCUT2D eigenvalue weighted by atomic mass is 16.6. The van der Waals surface area contributed by atoms with E-state index in [1.165, 1.54) is 167 Å². The molecule has 0 amide bonds. The van der Waals surface area contributed by atoms with Gasteiger partial charge in [-0.3, -0.25) is 14.4 Å². The lowest BCUT2D eigenvalue weighted by Crippen LogP contribution is -2.30. The second-order valence-corrected chi connectivity index (χ2v) is 18.1. The molecular weight excluding hydrogens is 769 g/mol. The fraction of sp³-hybridized carbons (Fsp3) is 0.839. The topological polar surface area (TPSA) is 78.9 Å². The highest BCUT2D eigenvalue weighted by molar-refractivity contribution is 5.71. The Morgan fingerprint density at radius 3 is 0.935 bits per heavy atom. The predicted octanol–water partition coefficient (Wildman–Crippen LogP) is 17.7. The minimum Gasteiger partial charge on any atom is -0.462 e. The van der Waals surface area contributed by atoms with Gasteiger partial charge in [0.2, 0.25) is 0 Å². The third-order valence-corrected chi connectivity index (χ3v) is 11.9. The van der Waals surface area contributed by atoms with Crippen LogP contribution in [-0.2, 0) is 28.6 Å². The summed E-state index contributed by atoms with van der Waals surface area (Å²) in [5.74, 6) is -0.882. The molecule has 1 atom stereocenters. The van der Waals surface area contributed by atoms with Crippen LogP contribution in [0, 0.1) is 0 Å². The third-order valence-electron chi connectivity index (χ3n) is 11.9. The average molecular weight is 871 g/mol. The van der Waals surface area contributed by atoms with E-state index in [1.54, 1.807) is 0 Å². The second kappa shape index (κ2) is 51.3. The monoisotopic (exact) mass is 871 g/mol. The van der Waals surface area contributed by atoms with Crippen molar-refractivity contribution in [1.29, 1.82) is 0 Å². The summed E-state index contributed by atoms with van der Waals surface area (Å²) in [6, 6.07) is 0. The SMILES string of the molecule is CCCCC/C=C\C/C=C\CCCCCCCC(=O)OC[C@H](COC(=O)CCCCCCCCCCCCCC)OC(=O)CCCCCCCCC/C=C\CCCCCCCC. The molecular formula is C56H102O6. The van der Waals surface area contributed by atoms with Crippen LogP contribution in [0.4, 0.5) is 0 Å². The molecule has 0 N–H and O–H groups in total. The summed E-state index contributed by atoms with van der Waals surface area (Å²) in [7, 11) is 0. The zero-order valence-electron chi connectivity index (χ0n) is 41.4. The Kier molecular flexibility index (Phi) is 49.3. The van der Waals surface area contributed by atoms with Crippen molar-refractivity contribution >= 4 is 17.9 Å². The number of ether oxygens (including phenoxy) is 3. The first kappa shape index (κ1) is 59.6. The van der Waals surface area contributed by atoms with Gasteiger partial charge < -0.3 is 14.2 Å². The van der Waals surface area contributed by atoms with E-state index in [1.807, 2.05) is 0 Å². The second-order valence-electron chi connectivity index (χ2n) is 18.1. The molecule has 0 radical (unpaired) electrons. The predicted molar refractivity (Wildman–Crippen MR) is 266 cm³/mol. The van der Waals surface area contributed by atoms with Crippen molar-refractivity contribution in [2.45, 2.75) is 290 Å². The Morgan fingerprint density at radius 1 is 0.323 bits per heavy atom. The molecule has 62 heavy (non-hydrogen) atoms. The molecule has 0 rings (SSSR count). The van der Waals surface area contributed by atoms with Crippen LogP contribution in [0.15, 0.2) is 36.5 Å². The Labute approximate surface area is 385 Å². The molecule has 0 spiro atoms. The van der Waals surface area contributed by atoms with Gasteiger partial charge >= 0.3 is 17.9 Å². The zero-order chi connectivity index (χ0) is 45.1. The summed E-state index contributed by atoms with van der Waals surface area (Å²) in [6.45, 7) is 6.61. The Hall–Kier alpha value is -2.37.